The number of rotatable bonds is 3. The van der Waals surface area contributed by atoms with Crippen LogP contribution in [0.3, 0.4) is 0 Å². The fourth-order valence-electron chi connectivity index (χ4n) is 1.68. The van der Waals surface area contributed by atoms with Crippen molar-refractivity contribution < 1.29 is 4.79 Å². The van der Waals surface area contributed by atoms with Crippen LogP contribution in [0, 0.1) is 6.92 Å². The van der Waals surface area contributed by atoms with E-state index in [9.17, 15) is 4.79 Å². The van der Waals surface area contributed by atoms with Crippen LogP contribution >= 0.6 is 11.3 Å². The highest BCUT2D eigenvalue weighted by molar-refractivity contribution is 7.11. The first-order valence-corrected chi connectivity index (χ1v) is 6.00. The van der Waals surface area contributed by atoms with Gasteiger partial charge in [-0.3, -0.25) is 4.79 Å². The van der Waals surface area contributed by atoms with E-state index in [0.717, 1.165) is 24.4 Å². The van der Waals surface area contributed by atoms with Crippen LogP contribution in [-0.4, -0.2) is 23.5 Å². The highest BCUT2D eigenvalue weighted by Crippen LogP contribution is 2.11. The molecule has 0 unspecified atom stereocenters. The van der Waals surface area contributed by atoms with Gasteiger partial charge in [0.1, 0.15) is 5.01 Å². The lowest BCUT2D eigenvalue weighted by Crippen LogP contribution is -2.39. The van der Waals surface area contributed by atoms with Crippen molar-refractivity contribution in [1.82, 2.24) is 15.6 Å². The molecular formula is C10H15N3OS. The number of carbonyl (C=O) groups excluding carboxylic acids is 1. The zero-order chi connectivity index (χ0) is 10.7. The zero-order valence-corrected chi connectivity index (χ0v) is 9.56. The maximum absolute atomic E-state index is 11.6. The van der Waals surface area contributed by atoms with E-state index in [0.29, 0.717) is 6.54 Å². The molecular weight excluding hydrogens is 210 g/mol. The van der Waals surface area contributed by atoms with Gasteiger partial charge >= 0.3 is 0 Å². The Hall–Kier alpha value is -0.940. The van der Waals surface area contributed by atoms with Gasteiger partial charge < -0.3 is 10.6 Å². The molecule has 0 saturated carbocycles. The standard InChI is InChI=1S/C10H15N3OS/c1-7-5-12-9(15-7)6-13-10(14)8-3-2-4-11-8/h5,8,11H,2-4,6H2,1H3,(H,13,14)/t8-/m0/s1. The van der Waals surface area contributed by atoms with Gasteiger partial charge in [0.25, 0.3) is 0 Å². The summed E-state index contributed by atoms with van der Waals surface area (Å²) >= 11 is 1.63. The minimum atomic E-state index is 0.00561. The highest BCUT2D eigenvalue weighted by atomic mass is 32.1. The van der Waals surface area contributed by atoms with E-state index >= 15 is 0 Å². The molecule has 0 spiro atoms. The summed E-state index contributed by atoms with van der Waals surface area (Å²) in [5.74, 6) is 0.0975. The molecule has 5 heteroatoms. The second-order valence-electron chi connectivity index (χ2n) is 3.73. The van der Waals surface area contributed by atoms with E-state index in [-0.39, 0.29) is 11.9 Å². The normalized spacial score (nSPS) is 20.5. The van der Waals surface area contributed by atoms with Crippen molar-refractivity contribution in [2.24, 2.45) is 0 Å². The Bertz CT molecular complexity index is 344. The van der Waals surface area contributed by atoms with Gasteiger partial charge in [-0.2, -0.15) is 0 Å². The molecule has 1 aromatic heterocycles. The summed E-state index contributed by atoms with van der Waals surface area (Å²) in [5, 5.41) is 7.04. The van der Waals surface area contributed by atoms with E-state index in [1.165, 1.54) is 4.88 Å². The number of thiazole rings is 1. The minimum absolute atomic E-state index is 0.00561. The van der Waals surface area contributed by atoms with Gasteiger partial charge in [-0.15, -0.1) is 11.3 Å². The zero-order valence-electron chi connectivity index (χ0n) is 8.75. The van der Waals surface area contributed by atoms with Crippen LogP contribution in [0.25, 0.3) is 0 Å². The van der Waals surface area contributed by atoms with E-state index in [1.807, 2.05) is 13.1 Å². The average Bonchev–Trinajstić information content (AvgIpc) is 2.84. The molecule has 1 aliphatic rings. The lowest BCUT2D eigenvalue weighted by molar-refractivity contribution is -0.122. The fourth-order valence-corrected chi connectivity index (χ4v) is 2.40. The first kappa shape index (κ1) is 10.6. The molecule has 2 heterocycles. The van der Waals surface area contributed by atoms with Crippen LogP contribution in [0.4, 0.5) is 0 Å². The molecule has 1 fully saturated rings. The van der Waals surface area contributed by atoms with E-state index in [4.69, 9.17) is 0 Å². The molecule has 0 aromatic carbocycles. The van der Waals surface area contributed by atoms with Crippen molar-refractivity contribution in [3.05, 3.63) is 16.1 Å². The first-order chi connectivity index (χ1) is 7.25. The summed E-state index contributed by atoms with van der Waals surface area (Å²) in [5.41, 5.74) is 0. The van der Waals surface area contributed by atoms with Gasteiger partial charge in [0, 0.05) is 11.1 Å². The number of aromatic nitrogens is 1. The number of carbonyl (C=O) groups is 1. The van der Waals surface area contributed by atoms with Crippen LogP contribution in [0.15, 0.2) is 6.20 Å². The lowest BCUT2D eigenvalue weighted by atomic mass is 10.2. The Labute approximate surface area is 93.1 Å². The van der Waals surface area contributed by atoms with Gasteiger partial charge in [0.15, 0.2) is 0 Å². The first-order valence-electron chi connectivity index (χ1n) is 5.18. The molecule has 0 aliphatic carbocycles. The molecule has 1 aliphatic heterocycles. The molecule has 0 bridgehead atoms. The maximum Gasteiger partial charge on any atom is 0.237 e. The van der Waals surface area contributed by atoms with Gasteiger partial charge in [-0.1, -0.05) is 0 Å². The van der Waals surface area contributed by atoms with Crippen LogP contribution < -0.4 is 10.6 Å². The van der Waals surface area contributed by atoms with Crippen LogP contribution in [0.2, 0.25) is 0 Å². The largest absolute Gasteiger partial charge is 0.348 e. The Morgan fingerprint density at radius 3 is 3.27 bits per heavy atom. The van der Waals surface area contributed by atoms with Crippen molar-refractivity contribution in [1.29, 1.82) is 0 Å². The average molecular weight is 225 g/mol. The number of nitrogens with zero attached hydrogens (tertiary/aromatic N) is 1. The molecule has 1 amide bonds. The van der Waals surface area contributed by atoms with Gasteiger partial charge in [-0.25, -0.2) is 4.98 Å². The summed E-state index contributed by atoms with van der Waals surface area (Å²) in [6.45, 7) is 3.52. The third kappa shape index (κ3) is 2.76. The number of amides is 1. The Balaban J connectivity index is 1.80. The molecule has 1 aromatic rings. The molecule has 15 heavy (non-hydrogen) atoms. The fraction of sp³-hybridized carbons (Fsp3) is 0.600. The second kappa shape index (κ2) is 4.72. The monoisotopic (exact) mass is 225 g/mol. The lowest BCUT2D eigenvalue weighted by Gasteiger charge is -2.09. The van der Waals surface area contributed by atoms with Crippen LogP contribution in [-0.2, 0) is 11.3 Å². The Morgan fingerprint density at radius 1 is 1.80 bits per heavy atom. The molecule has 1 saturated heterocycles. The molecule has 2 rings (SSSR count). The Kier molecular flexibility index (Phi) is 3.33. The number of nitrogens with one attached hydrogen (secondary N) is 2. The van der Waals surface area contributed by atoms with Gasteiger partial charge in [0.2, 0.25) is 5.91 Å². The quantitative estimate of drug-likeness (QED) is 0.801. The SMILES string of the molecule is Cc1cnc(CNC(=O)[C@@H]2CCCN2)s1. The second-order valence-corrected chi connectivity index (χ2v) is 5.05. The summed E-state index contributed by atoms with van der Waals surface area (Å²) in [6, 6.07) is 0.00561. The van der Waals surface area contributed by atoms with Gasteiger partial charge in [-0.05, 0) is 26.3 Å². The Morgan fingerprint density at radius 2 is 2.67 bits per heavy atom. The van der Waals surface area contributed by atoms with Crippen LogP contribution in [0.5, 0.6) is 0 Å². The predicted molar refractivity (Wildman–Crippen MR) is 59.7 cm³/mol. The van der Waals surface area contributed by atoms with Gasteiger partial charge in [0.05, 0.1) is 12.6 Å². The van der Waals surface area contributed by atoms with E-state index < -0.39 is 0 Å². The third-order valence-corrected chi connectivity index (χ3v) is 3.37. The summed E-state index contributed by atoms with van der Waals surface area (Å²) in [4.78, 5) is 17.0. The van der Waals surface area contributed by atoms with E-state index in [2.05, 4.69) is 15.6 Å². The summed E-state index contributed by atoms with van der Waals surface area (Å²) in [6.07, 6.45) is 3.87. The summed E-state index contributed by atoms with van der Waals surface area (Å²) in [7, 11) is 0. The molecule has 0 radical (unpaired) electrons. The molecule has 82 valence electrons. The highest BCUT2D eigenvalue weighted by Gasteiger charge is 2.21. The molecule has 1 atom stereocenters. The molecule has 2 N–H and O–H groups in total. The van der Waals surface area contributed by atoms with Crippen LogP contribution in [0.1, 0.15) is 22.7 Å². The van der Waals surface area contributed by atoms with Crippen molar-refractivity contribution in [2.75, 3.05) is 6.54 Å². The third-order valence-electron chi connectivity index (χ3n) is 2.46. The summed E-state index contributed by atoms with van der Waals surface area (Å²) < 4.78 is 0. The van der Waals surface area contributed by atoms with Crippen molar-refractivity contribution >= 4 is 17.2 Å². The number of aryl methyl sites for hydroxylation is 1. The topological polar surface area (TPSA) is 54.0 Å². The van der Waals surface area contributed by atoms with E-state index in [1.54, 1.807) is 11.3 Å². The number of hydrogen-bond donors (Lipinski definition) is 2. The minimum Gasteiger partial charge on any atom is -0.348 e. The van der Waals surface area contributed by atoms with Crippen molar-refractivity contribution in [3.8, 4) is 0 Å². The smallest absolute Gasteiger partial charge is 0.237 e. The molecule has 4 nitrogen and oxygen atoms in total. The van der Waals surface area contributed by atoms with Crippen molar-refractivity contribution in [3.63, 3.8) is 0 Å². The maximum atomic E-state index is 11.6. The van der Waals surface area contributed by atoms with Crippen molar-refractivity contribution in [2.45, 2.75) is 32.4 Å². The number of hydrogen-bond acceptors (Lipinski definition) is 4. The predicted octanol–water partition coefficient (Wildman–Crippen LogP) is 0.820.